The van der Waals surface area contributed by atoms with Crippen LogP contribution in [0.25, 0.3) is 0 Å². The van der Waals surface area contributed by atoms with Crippen molar-refractivity contribution in [3.05, 3.63) is 65.7 Å². The maximum Gasteiger partial charge on any atom is 0.227 e. The number of rotatable bonds is 5. The number of benzene rings is 2. The van der Waals surface area contributed by atoms with Crippen LogP contribution in [0.2, 0.25) is 0 Å². The lowest BCUT2D eigenvalue weighted by atomic mass is 10.1. The fourth-order valence-corrected chi connectivity index (χ4v) is 2.04. The van der Waals surface area contributed by atoms with Crippen molar-refractivity contribution in [2.24, 2.45) is 0 Å². The standard InChI is InChI=1S/C17H19NO2/c1-18(13-14-7-4-3-5-8-14)17(19)12-15-9-6-10-16(11-15)20-2/h3-11H,12-13H2,1-2H3. The molecule has 0 aliphatic heterocycles. The van der Waals surface area contributed by atoms with Gasteiger partial charge in [0, 0.05) is 13.6 Å². The molecular weight excluding hydrogens is 250 g/mol. The molecule has 20 heavy (non-hydrogen) atoms. The molecule has 0 saturated heterocycles. The first kappa shape index (κ1) is 14.1. The van der Waals surface area contributed by atoms with Gasteiger partial charge in [-0.15, -0.1) is 0 Å². The van der Waals surface area contributed by atoms with Gasteiger partial charge in [0.15, 0.2) is 0 Å². The van der Waals surface area contributed by atoms with Crippen LogP contribution in [0.4, 0.5) is 0 Å². The number of carbonyl (C=O) groups excluding carboxylic acids is 1. The molecule has 2 aromatic carbocycles. The Balaban J connectivity index is 1.97. The zero-order valence-electron chi connectivity index (χ0n) is 11.9. The first-order valence-corrected chi connectivity index (χ1v) is 6.60. The predicted octanol–water partition coefficient (Wildman–Crippen LogP) is 2.90. The van der Waals surface area contributed by atoms with Crippen LogP contribution in [0, 0.1) is 0 Å². The third kappa shape index (κ3) is 3.85. The molecule has 0 aromatic heterocycles. The van der Waals surface area contributed by atoms with Gasteiger partial charge in [0.25, 0.3) is 0 Å². The molecule has 0 unspecified atom stereocenters. The van der Waals surface area contributed by atoms with Crippen molar-refractivity contribution in [1.29, 1.82) is 0 Å². The number of methoxy groups -OCH3 is 1. The summed E-state index contributed by atoms with van der Waals surface area (Å²) < 4.78 is 5.17. The van der Waals surface area contributed by atoms with Crippen LogP contribution in [0.15, 0.2) is 54.6 Å². The number of amides is 1. The van der Waals surface area contributed by atoms with Crippen molar-refractivity contribution in [3.8, 4) is 5.75 Å². The summed E-state index contributed by atoms with van der Waals surface area (Å²) in [6.45, 7) is 0.629. The van der Waals surface area contributed by atoms with E-state index in [0.29, 0.717) is 13.0 Å². The minimum atomic E-state index is 0.0992. The molecule has 0 N–H and O–H groups in total. The van der Waals surface area contributed by atoms with Crippen LogP contribution in [0.1, 0.15) is 11.1 Å². The molecule has 3 heteroatoms. The van der Waals surface area contributed by atoms with Crippen molar-refractivity contribution in [3.63, 3.8) is 0 Å². The summed E-state index contributed by atoms with van der Waals surface area (Å²) in [5, 5.41) is 0. The van der Waals surface area contributed by atoms with E-state index in [1.165, 1.54) is 0 Å². The molecule has 0 bridgehead atoms. The summed E-state index contributed by atoms with van der Waals surface area (Å²) in [6, 6.07) is 17.6. The fraction of sp³-hybridized carbons (Fsp3) is 0.235. The highest BCUT2D eigenvalue weighted by molar-refractivity contribution is 5.78. The second kappa shape index (κ2) is 6.75. The molecular formula is C17H19NO2. The smallest absolute Gasteiger partial charge is 0.227 e. The molecule has 0 heterocycles. The van der Waals surface area contributed by atoms with Gasteiger partial charge in [-0.2, -0.15) is 0 Å². The van der Waals surface area contributed by atoms with Crippen LogP contribution in [-0.4, -0.2) is 25.0 Å². The van der Waals surface area contributed by atoms with E-state index in [-0.39, 0.29) is 5.91 Å². The lowest BCUT2D eigenvalue weighted by Gasteiger charge is -2.17. The van der Waals surface area contributed by atoms with Crippen molar-refractivity contribution >= 4 is 5.91 Å². The SMILES string of the molecule is COc1cccc(CC(=O)N(C)Cc2ccccc2)c1. The Morgan fingerprint density at radius 3 is 2.45 bits per heavy atom. The van der Waals surface area contributed by atoms with E-state index < -0.39 is 0 Å². The Bertz CT molecular complexity index is 566. The van der Waals surface area contributed by atoms with E-state index in [4.69, 9.17) is 4.74 Å². The summed E-state index contributed by atoms with van der Waals surface area (Å²) in [5.74, 6) is 0.878. The second-order valence-corrected chi connectivity index (χ2v) is 4.76. The van der Waals surface area contributed by atoms with E-state index in [9.17, 15) is 4.79 Å². The van der Waals surface area contributed by atoms with Crippen molar-refractivity contribution in [2.75, 3.05) is 14.2 Å². The molecule has 0 aliphatic carbocycles. The molecule has 0 saturated carbocycles. The average Bonchev–Trinajstić information content (AvgIpc) is 2.48. The number of nitrogens with zero attached hydrogens (tertiary/aromatic N) is 1. The van der Waals surface area contributed by atoms with Gasteiger partial charge in [-0.1, -0.05) is 42.5 Å². The molecule has 1 amide bonds. The van der Waals surface area contributed by atoms with E-state index in [2.05, 4.69) is 0 Å². The Kier molecular flexibility index (Phi) is 4.77. The number of likely N-dealkylation sites (N-methyl/N-ethyl adjacent to an activating group) is 1. The summed E-state index contributed by atoms with van der Waals surface area (Å²) >= 11 is 0. The van der Waals surface area contributed by atoms with Crippen molar-refractivity contribution in [2.45, 2.75) is 13.0 Å². The molecule has 2 aromatic rings. The topological polar surface area (TPSA) is 29.5 Å². The molecule has 2 rings (SSSR count). The molecule has 0 aliphatic rings. The van der Waals surface area contributed by atoms with Gasteiger partial charge in [0.2, 0.25) is 5.91 Å². The van der Waals surface area contributed by atoms with Crippen LogP contribution < -0.4 is 4.74 Å². The van der Waals surface area contributed by atoms with Crippen LogP contribution in [0.3, 0.4) is 0 Å². The maximum atomic E-state index is 12.2. The molecule has 0 radical (unpaired) electrons. The highest BCUT2D eigenvalue weighted by Gasteiger charge is 2.10. The summed E-state index contributed by atoms with van der Waals surface area (Å²) in [4.78, 5) is 13.9. The normalized spacial score (nSPS) is 10.1. The Labute approximate surface area is 119 Å². The predicted molar refractivity (Wildman–Crippen MR) is 79.6 cm³/mol. The highest BCUT2D eigenvalue weighted by atomic mass is 16.5. The van der Waals surface area contributed by atoms with E-state index in [0.717, 1.165) is 16.9 Å². The Morgan fingerprint density at radius 2 is 1.75 bits per heavy atom. The summed E-state index contributed by atoms with van der Waals surface area (Å²) in [7, 11) is 3.46. The van der Waals surface area contributed by atoms with Gasteiger partial charge in [-0.25, -0.2) is 0 Å². The molecule has 0 fully saturated rings. The fourth-order valence-electron chi connectivity index (χ4n) is 2.04. The number of carbonyl (C=O) groups is 1. The zero-order valence-corrected chi connectivity index (χ0v) is 11.9. The summed E-state index contributed by atoms with van der Waals surface area (Å²) in [5.41, 5.74) is 2.10. The lowest BCUT2D eigenvalue weighted by molar-refractivity contribution is -0.129. The van der Waals surface area contributed by atoms with Gasteiger partial charge in [-0.05, 0) is 23.3 Å². The monoisotopic (exact) mass is 269 g/mol. The third-order valence-corrected chi connectivity index (χ3v) is 3.18. The van der Waals surface area contributed by atoms with Gasteiger partial charge in [-0.3, -0.25) is 4.79 Å². The quantitative estimate of drug-likeness (QED) is 0.835. The minimum Gasteiger partial charge on any atom is -0.497 e. The average molecular weight is 269 g/mol. The first-order chi connectivity index (χ1) is 9.69. The lowest BCUT2D eigenvalue weighted by Crippen LogP contribution is -2.27. The largest absolute Gasteiger partial charge is 0.497 e. The third-order valence-electron chi connectivity index (χ3n) is 3.18. The number of hydrogen-bond acceptors (Lipinski definition) is 2. The van der Waals surface area contributed by atoms with E-state index in [1.807, 2.05) is 61.6 Å². The second-order valence-electron chi connectivity index (χ2n) is 4.76. The molecule has 0 atom stereocenters. The van der Waals surface area contributed by atoms with Crippen LogP contribution in [-0.2, 0) is 17.8 Å². The molecule has 3 nitrogen and oxygen atoms in total. The highest BCUT2D eigenvalue weighted by Crippen LogP contribution is 2.14. The maximum absolute atomic E-state index is 12.2. The van der Waals surface area contributed by atoms with Gasteiger partial charge >= 0.3 is 0 Å². The van der Waals surface area contributed by atoms with Crippen LogP contribution >= 0.6 is 0 Å². The van der Waals surface area contributed by atoms with Crippen LogP contribution in [0.5, 0.6) is 5.75 Å². The Morgan fingerprint density at radius 1 is 1.05 bits per heavy atom. The van der Waals surface area contributed by atoms with E-state index >= 15 is 0 Å². The van der Waals surface area contributed by atoms with Gasteiger partial charge in [0.05, 0.1) is 13.5 Å². The Hall–Kier alpha value is -2.29. The molecule has 0 spiro atoms. The summed E-state index contributed by atoms with van der Waals surface area (Å²) in [6.07, 6.45) is 0.389. The van der Waals surface area contributed by atoms with Crippen molar-refractivity contribution < 1.29 is 9.53 Å². The zero-order chi connectivity index (χ0) is 14.4. The first-order valence-electron chi connectivity index (χ1n) is 6.60. The van der Waals surface area contributed by atoms with Gasteiger partial charge in [0.1, 0.15) is 5.75 Å². The van der Waals surface area contributed by atoms with Crippen molar-refractivity contribution in [1.82, 2.24) is 4.90 Å². The molecule has 104 valence electrons. The number of ether oxygens (including phenoxy) is 1. The minimum absolute atomic E-state index is 0.0992. The number of hydrogen-bond donors (Lipinski definition) is 0. The van der Waals surface area contributed by atoms with Gasteiger partial charge < -0.3 is 9.64 Å². The van der Waals surface area contributed by atoms with E-state index in [1.54, 1.807) is 12.0 Å².